The molecule has 6 rings (SSSR count). The molecule has 0 N–H and O–H groups in total. The van der Waals surface area contributed by atoms with Crippen LogP contribution >= 0.6 is 0 Å². The zero-order valence-corrected chi connectivity index (χ0v) is 23.5. The smallest absolute Gasteiger partial charge is 0.410 e. The Morgan fingerprint density at radius 2 is 1.88 bits per heavy atom. The average molecular weight is 546 g/mol. The van der Waals surface area contributed by atoms with Crippen LogP contribution in [0.1, 0.15) is 82.6 Å². The number of fused-ring (bicyclic) bond motifs is 5. The first-order valence-corrected chi connectivity index (χ1v) is 13.8. The molecule has 2 atom stereocenters. The number of aromatic nitrogens is 4. The van der Waals surface area contributed by atoms with Gasteiger partial charge in [0.15, 0.2) is 5.82 Å². The standard InChI is InChI=1S/C31H33F2N5O2/c1-29(2,3)40-28(39)38-15-11-18(12-16-38)27-34-14-10-24(35-27)31-13-9-20(30(31,4)5)19-17-23(36-37-26(19)31)25-21(32)7-6-8-22(25)33/h6-8,10-11,14,17,20H,9,12-13,15-16H2,1-5H3/t20-,31-/m0/s1. The summed E-state index contributed by atoms with van der Waals surface area (Å²) >= 11 is 0. The summed E-state index contributed by atoms with van der Waals surface area (Å²) in [6.07, 6.45) is 5.83. The summed E-state index contributed by atoms with van der Waals surface area (Å²) < 4.78 is 34.7. The highest BCUT2D eigenvalue weighted by Gasteiger charge is 2.65. The molecule has 3 aromatic rings. The number of halogens is 2. The van der Waals surface area contributed by atoms with Crippen molar-refractivity contribution in [3.05, 3.63) is 77.0 Å². The predicted molar refractivity (Wildman–Crippen MR) is 146 cm³/mol. The topological polar surface area (TPSA) is 81.1 Å². The Labute approximate surface area is 232 Å². The fraction of sp³-hybridized carbons (Fsp3) is 0.452. The van der Waals surface area contributed by atoms with E-state index in [1.54, 1.807) is 11.1 Å². The Morgan fingerprint density at radius 1 is 1.12 bits per heavy atom. The van der Waals surface area contributed by atoms with E-state index in [2.05, 4.69) is 29.0 Å². The van der Waals surface area contributed by atoms with E-state index in [1.165, 1.54) is 18.2 Å². The molecule has 0 spiro atoms. The van der Waals surface area contributed by atoms with E-state index in [1.807, 2.05) is 39.0 Å². The lowest BCUT2D eigenvalue weighted by molar-refractivity contribution is 0.0270. The van der Waals surface area contributed by atoms with Gasteiger partial charge in [-0.15, -0.1) is 5.10 Å². The normalized spacial score (nSPS) is 23.1. The molecule has 1 aromatic carbocycles. The molecule has 0 saturated heterocycles. The van der Waals surface area contributed by atoms with Gasteiger partial charge in [-0.25, -0.2) is 23.5 Å². The van der Waals surface area contributed by atoms with Gasteiger partial charge in [0.25, 0.3) is 0 Å². The zero-order valence-electron chi connectivity index (χ0n) is 23.5. The van der Waals surface area contributed by atoms with Crippen LogP contribution in [-0.2, 0) is 10.2 Å². The van der Waals surface area contributed by atoms with Gasteiger partial charge < -0.3 is 9.64 Å². The highest BCUT2D eigenvalue weighted by Crippen LogP contribution is 2.69. The number of nitrogens with zero attached hydrogens (tertiary/aromatic N) is 5. The van der Waals surface area contributed by atoms with E-state index in [0.717, 1.165) is 35.4 Å². The van der Waals surface area contributed by atoms with Crippen LogP contribution in [0.4, 0.5) is 13.6 Å². The number of amides is 1. The molecule has 40 heavy (non-hydrogen) atoms. The van der Waals surface area contributed by atoms with E-state index in [9.17, 15) is 13.6 Å². The number of carbonyl (C=O) groups excluding carboxylic acids is 1. The van der Waals surface area contributed by atoms with Gasteiger partial charge in [-0.05, 0) is 86.8 Å². The molecule has 1 saturated carbocycles. The van der Waals surface area contributed by atoms with Crippen LogP contribution in [0.5, 0.6) is 0 Å². The molecule has 208 valence electrons. The second-order valence-corrected chi connectivity index (χ2v) is 12.5. The maximum atomic E-state index is 14.6. The van der Waals surface area contributed by atoms with Crippen molar-refractivity contribution < 1.29 is 18.3 Å². The monoisotopic (exact) mass is 545 g/mol. The van der Waals surface area contributed by atoms with Gasteiger partial charge in [0.1, 0.15) is 17.2 Å². The lowest BCUT2D eigenvalue weighted by Gasteiger charge is -2.37. The van der Waals surface area contributed by atoms with Crippen LogP contribution in [0.25, 0.3) is 16.8 Å². The lowest BCUT2D eigenvalue weighted by Crippen LogP contribution is -2.39. The third-order valence-electron chi connectivity index (χ3n) is 8.84. The molecule has 9 heteroatoms. The van der Waals surface area contributed by atoms with Crippen molar-refractivity contribution in [1.29, 1.82) is 0 Å². The van der Waals surface area contributed by atoms with Gasteiger partial charge in [-0.1, -0.05) is 26.0 Å². The van der Waals surface area contributed by atoms with Gasteiger partial charge in [0.2, 0.25) is 0 Å². The molecular weight excluding hydrogens is 512 g/mol. The molecule has 0 unspecified atom stereocenters. The Kier molecular flexibility index (Phi) is 6.05. The first kappa shape index (κ1) is 26.5. The molecule has 1 aliphatic heterocycles. The molecule has 2 aliphatic carbocycles. The Hall–Kier alpha value is -3.75. The van der Waals surface area contributed by atoms with Crippen LogP contribution in [0.15, 0.2) is 42.6 Å². The van der Waals surface area contributed by atoms with E-state index < -0.39 is 22.7 Å². The number of rotatable bonds is 3. The lowest BCUT2D eigenvalue weighted by atomic mass is 9.66. The Morgan fingerprint density at radius 3 is 2.55 bits per heavy atom. The maximum Gasteiger partial charge on any atom is 0.410 e. The van der Waals surface area contributed by atoms with Crippen molar-refractivity contribution >= 4 is 11.7 Å². The summed E-state index contributed by atoms with van der Waals surface area (Å²) in [5.41, 5.74) is 2.44. The van der Waals surface area contributed by atoms with Crippen molar-refractivity contribution in [3.63, 3.8) is 0 Å². The minimum absolute atomic E-state index is 0.151. The predicted octanol–water partition coefficient (Wildman–Crippen LogP) is 6.44. The van der Waals surface area contributed by atoms with Gasteiger partial charge >= 0.3 is 6.09 Å². The van der Waals surface area contributed by atoms with Crippen molar-refractivity contribution in [2.45, 2.75) is 70.8 Å². The molecule has 2 bridgehead atoms. The van der Waals surface area contributed by atoms with Crippen LogP contribution in [0.3, 0.4) is 0 Å². The van der Waals surface area contributed by atoms with Gasteiger partial charge in [-0.2, -0.15) is 5.10 Å². The van der Waals surface area contributed by atoms with E-state index in [-0.39, 0.29) is 28.7 Å². The molecular formula is C31H33F2N5O2. The summed E-state index contributed by atoms with van der Waals surface area (Å²) in [4.78, 5) is 23.8. The van der Waals surface area contributed by atoms with Crippen LogP contribution in [0, 0.1) is 17.0 Å². The summed E-state index contributed by atoms with van der Waals surface area (Å²) in [6, 6.07) is 7.58. The molecule has 1 amide bonds. The van der Waals surface area contributed by atoms with Crippen molar-refractivity contribution in [2.75, 3.05) is 13.1 Å². The highest BCUT2D eigenvalue weighted by molar-refractivity contribution is 5.71. The fourth-order valence-corrected chi connectivity index (χ4v) is 6.87. The number of benzene rings is 1. The minimum Gasteiger partial charge on any atom is -0.444 e. The number of carbonyl (C=O) groups is 1. The van der Waals surface area contributed by atoms with E-state index in [0.29, 0.717) is 25.3 Å². The number of hydrogen-bond acceptors (Lipinski definition) is 6. The molecule has 3 heterocycles. The van der Waals surface area contributed by atoms with Gasteiger partial charge in [0.05, 0.1) is 28.1 Å². The fourth-order valence-electron chi connectivity index (χ4n) is 6.87. The first-order chi connectivity index (χ1) is 18.9. The molecule has 3 aliphatic rings. The summed E-state index contributed by atoms with van der Waals surface area (Å²) in [6.45, 7) is 11.0. The Bertz CT molecular complexity index is 1530. The van der Waals surface area contributed by atoms with Crippen molar-refractivity contribution in [2.24, 2.45) is 5.41 Å². The highest BCUT2D eigenvalue weighted by atomic mass is 19.1. The van der Waals surface area contributed by atoms with Gasteiger partial charge in [-0.3, -0.25) is 0 Å². The molecule has 0 radical (unpaired) electrons. The Balaban J connectivity index is 1.35. The number of ether oxygens (including phenoxy) is 1. The minimum atomic E-state index is -0.655. The molecule has 1 fully saturated rings. The summed E-state index contributed by atoms with van der Waals surface area (Å²) in [5, 5.41) is 8.95. The summed E-state index contributed by atoms with van der Waals surface area (Å²) in [7, 11) is 0. The SMILES string of the molecule is CC(C)(C)OC(=O)N1CC=C(c2nccc([C@@]34CC[C@@H](c5cc(-c6c(F)cccc6F)nnc53)C4(C)C)n2)CC1. The van der Waals surface area contributed by atoms with E-state index >= 15 is 0 Å². The van der Waals surface area contributed by atoms with E-state index in [4.69, 9.17) is 9.72 Å². The zero-order chi connectivity index (χ0) is 28.4. The quantitative estimate of drug-likeness (QED) is 0.377. The van der Waals surface area contributed by atoms with Crippen molar-refractivity contribution in [3.8, 4) is 11.3 Å². The van der Waals surface area contributed by atoms with Crippen LogP contribution < -0.4 is 0 Å². The first-order valence-electron chi connectivity index (χ1n) is 13.8. The second kappa shape index (κ2) is 9.14. The third-order valence-corrected chi connectivity index (χ3v) is 8.84. The second-order valence-electron chi connectivity index (χ2n) is 12.5. The van der Waals surface area contributed by atoms with Crippen LogP contribution in [-0.4, -0.2) is 49.8 Å². The third kappa shape index (κ3) is 4.00. The largest absolute Gasteiger partial charge is 0.444 e. The van der Waals surface area contributed by atoms with Crippen LogP contribution in [0.2, 0.25) is 0 Å². The summed E-state index contributed by atoms with van der Waals surface area (Å²) in [5.74, 6) is -0.515. The molecule has 2 aromatic heterocycles. The average Bonchev–Trinajstić information content (AvgIpc) is 3.29. The number of hydrogen-bond donors (Lipinski definition) is 0. The maximum absolute atomic E-state index is 14.6. The van der Waals surface area contributed by atoms with Gasteiger partial charge in [0, 0.05) is 19.3 Å². The molecule has 7 nitrogen and oxygen atoms in total. The van der Waals surface area contributed by atoms with Crippen molar-refractivity contribution in [1.82, 2.24) is 25.1 Å².